The second-order valence-corrected chi connectivity index (χ2v) is 2.12. The van der Waals surface area contributed by atoms with Crippen LogP contribution in [0.5, 0.6) is 0 Å². The molecule has 9 heteroatoms. The number of hydrogen-bond acceptors (Lipinski definition) is 6. The summed E-state index contributed by atoms with van der Waals surface area (Å²) in [6.07, 6.45) is 2.33. The van der Waals surface area contributed by atoms with E-state index in [1.807, 2.05) is 0 Å². The van der Waals surface area contributed by atoms with Crippen molar-refractivity contribution in [1.82, 2.24) is 30.4 Å². The van der Waals surface area contributed by atoms with Crippen molar-refractivity contribution >= 4 is 5.69 Å². The maximum atomic E-state index is 10.4. The highest BCUT2D eigenvalue weighted by atomic mass is 16.6. The largest absolute Gasteiger partial charge is 0.333 e. The number of nitrogens with one attached hydrogen (secondary N) is 1. The zero-order valence-corrected chi connectivity index (χ0v) is 6.15. The first-order valence-electron chi connectivity index (χ1n) is 3.20. The molecule has 0 aliphatic carbocycles. The molecular weight excluding hydrogens is 178 g/mol. The minimum atomic E-state index is -0.569. The van der Waals surface area contributed by atoms with Crippen LogP contribution in [0.3, 0.4) is 0 Å². The fourth-order valence-electron chi connectivity index (χ4n) is 0.839. The minimum Gasteiger partial charge on any atom is -0.258 e. The zero-order valence-electron chi connectivity index (χ0n) is 6.15. The van der Waals surface area contributed by atoms with E-state index in [2.05, 4.69) is 25.7 Å². The maximum Gasteiger partial charge on any atom is 0.333 e. The van der Waals surface area contributed by atoms with Gasteiger partial charge in [0.1, 0.15) is 12.5 Å². The summed E-state index contributed by atoms with van der Waals surface area (Å²) in [6, 6.07) is 0. The molecule has 0 saturated carbocycles. The van der Waals surface area contributed by atoms with Crippen LogP contribution in [-0.4, -0.2) is 35.3 Å². The van der Waals surface area contributed by atoms with Gasteiger partial charge in [-0.1, -0.05) is 0 Å². The molecule has 0 unspecified atom stereocenters. The van der Waals surface area contributed by atoms with Crippen molar-refractivity contribution in [2.75, 3.05) is 0 Å². The van der Waals surface area contributed by atoms with Crippen LogP contribution in [0.15, 0.2) is 12.5 Å². The molecular formula is C4H3N7O2. The third-order valence-electron chi connectivity index (χ3n) is 1.37. The van der Waals surface area contributed by atoms with E-state index >= 15 is 0 Å². The quantitative estimate of drug-likeness (QED) is 0.483. The van der Waals surface area contributed by atoms with E-state index in [0.29, 0.717) is 0 Å². The normalized spacial score (nSPS) is 10.2. The van der Waals surface area contributed by atoms with E-state index < -0.39 is 4.92 Å². The molecule has 2 aromatic rings. The Hall–Kier alpha value is -2.32. The van der Waals surface area contributed by atoms with Crippen LogP contribution >= 0.6 is 0 Å². The summed E-state index contributed by atoms with van der Waals surface area (Å²) >= 11 is 0. The Morgan fingerprint density at radius 2 is 2.46 bits per heavy atom. The second kappa shape index (κ2) is 2.62. The Kier molecular flexibility index (Phi) is 1.48. The average molecular weight is 181 g/mol. The molecule has 0 saturated heterocycles. The number of hydrogen-bond donors (Lipinski definition) is 1. The van der Waals surface area contributed by atoms with Gasteiger partial charge >= 0.3 is 5.69 Å². The van der Waals surface area contributed by atoms with Gasteiger partial charge in [-0.25, -0.2) is 0 Å². The molecule has 2 aromatic heterocycles. The Labute approximate surface area is 70.5 Å². The van der Waals surface area contributed by atoms with Crippen LogP contribution in [0.4, 0.5) is 5.69 Å². The number of tetrazole rings is 1. The van der Waals surface area contributed by atoms with Gasteiger partial charge in [-0.15, -0.1) is 5.10 Å². The third kappa shape index (κ3) is 1.11. The molecule has 13 heavy (non-hydrogen) atoms. The fourth-order valence-corrected chi connectivity index (χ4v) is 0.839. The van der Waals surface area contributed by atoms with Crippen molar-refractivity contribution in [2.24, 2.45) is 0 Å². The highest BCUT2D eigenvalue weighted by Crippen LogP contribution is 2.16. The van der Waals surface area contributed by atoms with Crippen LogP contribution in [0.1, 0.15) is 0 Å². The molecule has 0 radical (unpaired) electrons. The number of H-pyrrole nitrogens is 1. The molecule has 2 rings (SSSR count). The molecule has 0 atom stereocenters. The van der Waals surface area contributed by atoms with Gasteiger partial charge in [0, 0.05) is 0 Å². The van der Waals surface area contributed by atoms with Gasteiger partial charge in [0.15, 0.2) is 0 Å². The van der Waals surface area contributed by atoms with Gasteiger partial charge in [0.05, 0.1) is 4.92 Å². The molecule has 66 valence electrons. The van der Waals surface area contributed by atoms with Crippen molar-refractivity contribution in [3.63, 3.8) is 0 Å². The first-order valence-corrected chi connectivity index (χ1v) is 3.20. The van der Waals surface area contributed by atoms with E-state index in [0.717, 1.165) is 10.9 Å². The molecule has 0 spiro atoms. The zero-order chi connectivity index (χ0) is 9.26. The summed E-state index contributed by atoms with van der Waals surface area (Å²) < 4.78 is 1.13. The van der Waals surface area contributed by atoms with Crippen LogP contribution in [-0.2, 0) is 0 Å². The van der Waals surface area contributed by atoms with Gasteiger partial charge in [-0.3, -0.25) is 15.2 Å². The van der Waals surface area contributed by atoms with Crippen molar-refractivity contribution < 1.29 is 4.92 Å². The monoisotopic (exact) mass is 181 g/mol. The summed E-state index contributed by atoms with van der Waals surface area (Å²) in [6.45, 7) is 0. The number of aromatic nitrogens is 6. The summed E-state index contributed by atoms with van der Waals surface area (Å²) in [5.41, 5.74) is -0.174. The third-order valence-corrected chi connectivity index (χ3v) is 1.37. The molecule has 0 amide bonds. The maximum absolute atomic E-state index is 10.4. The lowest BCUT2D eigenvalue weighted by atomic mass is 10.5. The summed E-state index contributed by atoms with van der Waals surface area (Å²) in [7, 11) is 0. The molecule has 9 nitrogen and oxygen atoms in total. The topological polar surface area (TPSA) is 115 Å². The van der Waals surface area contributed by atoms with Crippen LogP contribution in [0.2, 0.25) is 0 Å². The van der Waals surface area contributed by atoms with Crippen LogP contribution < -0.4 is 0 Å². The van der Waals surface area contributed by atoms with Gasteiger partial charge in [0.2, 0.25) is 5.82 Å². The van der Waals surface area contributed by atoms with E-state index in [4.69, 9.17) is 0 Å². The van der Waals surface area contributed by atoms with Crippen molar-refractivity contribution in [3.05, 3.63) is 22.6 Å². The Morgan fingerprint density at radius 1 is 1.62 bits per heavy atom. The minimum absolute atomic E-state index is 0.134. The SMILES string of the molecule is O=[N+]([O-])c1cn[nH]c1-n1cnnn1. The van der Waals surface area contributed by atoms with Crippen molar-refractivity contribution in [2.45, 2.75) is 0 Å². The predicted molar refractivity (Wildman–Crippen MR) is 38.0 cm³/mol. The van der Waals surface area contributed by atoms with Gasteiger partial charge in [-0.2, -0.15) is 9.78 Å². The van der Waals surface area contributed by atoms with E-state index in [1.165, 1.54) is 6.33 Å². The van der Waals surface area contributed by atoms with Gasteiger partial charge < -0.3 is 0 Å². The summed E-state index contributed by atoms with van der Waals surface area (Å²) in [4.78, 5) is 9.87. The lowest BCUT2D eigenvalue weighted by molar-refractivity contribution is -0.384. The van der Waals surface area contributed by atoms with E-state index in [-0.39, 0.29) is 11.5 Å². The molecule has 2 heterocycles. The number of aromatic amines is 1. The van der Waals surface area contributed by atoms with E-state index in [1.54, 1.807) is 0 Å². The molecule has 1 N–H and O–H groups in total. The first-order chi connectivity index (χ1) is 6.29. The smallest absolute Gasteiger partial charge is 0.258 e. The number of nitro groups is 1. The molecule has 0 aromatic carbocycles. The Bertz CT molecular complexity index is 417. The highest BCUT2D eigenvalue weighted by molar-refractivity contribution is 5.43. The average Bonchev–Trinajstić information content (AvgIpc) is 2.74. The van der Waals surface area contributed by atoms with Crippen LogP contribution in [0, 0.1) is 10.1 Å². The number of nitrogens with zero attached hydrogens (tertiary/aromatic N) is 6. The van der Waals surface area contributed by atoms with E-state index in [9.17, 15) is 10.1 Å². The second-order valence-electron chi connectivity index (χ2n) is 2.12. The van der Waals surface area contributed by atoms with Crippen molar-refractivity contribution in [1.29, 1.82) is 0 Å². The molecule has 0 aliphatic rings. The van der Waals surface area contributed by atoms with Gasteiger partial charge in [0.25, 0.3) is 0 Å². The van der Waals surface area contributed by atoms with Gasteiger partial charge in [-0.05, 0) is 10.4 Å². The lowest BCUT2D eigenvalue weighted by Crippen LogP contribution is -1.99. The highest BCUT2D eigenvalue weighted by Gasteiger charge is 2.18. The standard InChI is InChI=1S/C4H3N7O2/c12-11(13)3-1-5-7-4(3)10-2-6-8-9-10/h1-2H,(H,5,7). The lowest BCUT2D eigenvalue weighted by Gasteiger charge is -1.91. The molecule has 0 aliphatic heterocycles. The molecule has 0 fully saturated rings. The Morgan fingerprint density at radius 3 is 3.08 bits per heavy atom. The first kappa shape index (κ1) is 7.34. The number of rotatable bonds is 2. The fraction of sp³-hybridized carbons (Fsp3) is 0. The molecule has 0 bridgehead atoms. The summed E-state index contributed by atoms with van der Waals surface area (Å²) in [5, 5.41) is 26.5. The summed E-state index contributed by atoms with van der Waals surface area (Å²) in [5.74, 6) is 0.134. The predicted octanol–water partition coefficient (Wildman–Crippen LogP) is -0.706. The van der Waals surface area contributed by atoms with Crippen molar-refractivity contribution in [3.8, 4) is 5.82 Å². The van der Waals surface area contributed by atoms with Crippen LogP contribution in [0.25, 0.3) is 5.82 Å². The Balaban J connectivity index is 2.52.